The predicted molar refractivity (Wildman–Crippen MR) is 83.3 cm³/mol. The van der Waals surface area contributed by atoms with Crippen molar-refractivity contribution in [3.63, 3.8) is 0 Å². The second kappa shape index (κ2) is 6.44. The number of benzene rings is 1. The van der Waals surface area contributed by atoms with E-state index in [1.54, 1.807) is 11.4 Å². The molecule has 0 aliphatic carbocycles. The van der Waals surface area contributed by atoms with Crippen LogP contribution in [0, 0.1) is 0 Å². The molecule has 6 nitrogen and oxygen atoms in total. The molecule has 0 spiro atoms. The van der Waals surface area contributed by atoms with Gasteiger partial charge in [-0.3, -0.25) is 0 Å². The number of likely N-dealkylation sites (N-methyl/N-ethyl adjacent to an activating group) is 1. The Labute approximate surface area is 131 Å². The first-order valence-corrected chi connectivity index (χ1v) is 9.07. The molecule has 0 saturated carbocycles. The fourth-order valence-corrected chi connectivity index (χ4v) is 4.30. The van der Waals surface area contributed by atoms with Gasteiger partial charge in [0.1, 0.15) is 12.7 Å². The Kier molecular flexibility index (Phi) is 4.56. The van der Waals surface area contributed by atoms with Crippen LogP contribution in [0.15, 0.2) is 24.3 Å². The smallest absolute Gasteiger partial charge is 0.281 e. The normalized spacial score (nSPS) is 22.7. The number of nitrogens with zero attached hydrogens (tertiary/aromatic N) is 2. The van der Waals surface area contributed by atoms with Crippen molar-refractivity contribution in [1.29, 1.82) is 0 Å². The molecule has 0 aromatic heterocycles. The molecule has 1 fully saturated rings. The minimum atomic E-state index is -3.41. The zero-order valence-electron chi connectivity index (χ0n) is 12.8. The van der Waals surface area contributed by atoms with Gasteiger partial charge in [-0.2, -0.15) is 17.0 Å². The Morgan fingerprint density at radius 3 is 2.59 bits per heavy atom. The number of para-hydroxylation sites is 2. The van der Waals surface area contributed by atoms with E-state index in [2.05, 4.69) is 0 Å². The second-order valence-corrected chi connectivity index (χ2v) is 7.78. The summed E-state index contributed by atoms with van der Waals surface area (Å²) in [5, 5.41) is 0. The van der Waals surface area contributed by atoms with Gasteiger partial charge in [-0.15, -0.1) is 0 Å². The van der Waals surface area contributed by atoms with Gasteiger partial charge in [0.05, 0.1) is 6.54 Å². The van der Waals surface area contributed by atoms with Crippen molar-refractivity contribution in [1.82, 2.24) is 8.61 Å². The highest BCUT2D eigenvalue weighted by atomic mass is 32.2. The summed E-state index contributed by atoms with van der Waals surface area (Å²) in [5.41, 5.74) is 0. The molecule has 2 aliphatic heterocycles. The van der Waals surface area contributed by atoms with E-state index in [9.17, 15) is 8.42 Å². The van der Waals surface area contributed by atoms with E-state index in [0.717, 1.165) is 19.3 Å². The monoisotopic (exact) mass is 326 g/mol. The molecule has 3 rings (SSSR count). The van der Waals surface area contributed by atoms with Crippen LogP contribution in [-0.2, 0) is 10.2 Å². The molecule has 1 saturated heterocycles. The van der Waals surface area contributed by atoms with E-state index in [0.29, 0.717) is 31.2 Å². The standard InChI is InChI=1S/C15H22N2O4S/c1-16(22(18,19)17-9-5-2-6-10-17)11-13-12-20-14-7-3-4-8-15(14)21-13/h3-4,7-8,13H,2,5-6,9-12H2,1H3/t13-/m1/s1. The summed E-state index contributed by atoms with van der Waals surface area (Å²) < 4.78 is 39.5. The van der Waals surface area contributed by atoms with E-state index >= 15 is 0 Å². The van der Waals surface area contributed by atoms with Crippen LogP contribution < -0.4 is 9.47 Å². The van der Waals surface area contributed by atoms with Gasteiger partial charge < -0.3 is 9.47 Å². The molecule has 0 N–H and O–H groups in total. The minimum absolute atomic E-state index is 0.285. The van der Waals surface area contributed by atoms with Crippen LogP contribution >= 0.6 is 0 Å². The van der Waals surface area contributed by atoms with Crippen LogP contribution in [0.25, 0.3) is 0 Å². The quantitative estimate of drug-likeness (QED) is 0.841. The first kappa shape index (κ1) is 15.6. The Bertz CT molecular complexity index is 614. The molecular weight excluding hydrogens is 304 g/mol. The van der Waals surface area contributed by atoms with Crippen molar-refractivity contribution in [2.45, 2.75) is 25.4 Å². The van der Waals surface area contributed by atoms with Crippen LogP contribution in [0.4, 0.5) is 0 Å². The molecule has 0 amide bonds. The number of hydrogen-bond donors (Lipinski definition) is 0. The van der Waals surface area contributed by atoms with Gasteiger partial charge in [-0.1, -0.05) is 18.6 Å². The van der Waals surface area contributed by atoms with Crippen LogP contribution in [0.5, 0.6) is 11.5 Å². The highest BCUT2D eigenvalue weighted by molar-refractivity contribution is 7.86. The summed E-state index contributed by atoms with van der Waals surface area (Å²) in [4.78, 5) is 0. The molecule has 1 atom stereocenters. The Morgan fingerprint density at radius 1 is 1.18 bits per heavy atom. The van der Waals surface area contributed by atoms with Gasteiger partial charge >= 0.3 is 0 Å². The largest absolute Gasteiger partial charge is 0.486 e. The lowest BCUT2D eigenvalue weighted by Gasteiger charge is -2.33. The molecule has 2 heterocycles. The number of hydrogen-bond acceptors (Lipinski definition) is 4. The molecule has 2 aliphatic rings. The molecule has 0 bridgehead atoms. The van der Waals surface area contributed by atoms with Crippen molar-refractivity contribution in [2.75, 3.05) is 33.3 Å². The van der Waals surface area contributed by atoms with E-state index in [4.69, 9.17) is 9.47 Å². The molecule has 0 unspecified atom stereocenters. The van der Waals surface area contributed by atoms with Gasteiger partial charge in [-0.25, -0.2) is 0 Å². The zero-order valence-corrected chi connectivity index (χ0v) is 13.6. The highest BCUT2D eigenvalue weighted by Crippen LogP contribution is 2.31. The van der Waals surface area contributed by atoms with Crippen LogP contribution in [-0.4, -0.2) is 56.4 Å². The van der Waals surface area contributed by atoms with Gasteiger partial charge in [0, 0.05) is 20.1 Å². The molecular formula is C15H22N2O4S. The summed E-state index contributed by atoms with van der Waals surface area (Å²) in [7, 11) is -1.80. The van der Waals surface area contributed by atoms with Crippen LogP contribution in [0.3, 0.4) is 0 Å². The lowest BCUT2D eigenvalue weighted by molar-refractivity contribution is 0.0786. The lowest BCUT2D eigenvalue weighted by atomic mass is 10.2. The SMILES string of the molecule is CN(C[C@@H]1COc2ccccc2O1)S(=O)(=O)N1CCCCC1. The first-order valence-electron chi connectivity index (χ1n) is 7.67. The summed E-state index contributed by atoms with van der Waals surface area (Å²) >= 11 is 0. The summed E-state index contributed by atoms with van der Waals surface area (Å²) in [6, 6.07) is 7.44. The zero-order chi connectivity index (χ0) is 15.6. The fourth-order valence-electron chi connectivity index (χ4n) is 2.83. The third kappa shape index (κ3) is 3.21. The minimum Gasteiger partial charge on any atom is -0.486 e. The van der Waals surface area contributed by atoms with Gasteiger partial charge in [0.15, 0.2) is 11.5 Å². The molecule has 1 aromatic rings. The van der Waals surface area contributed by atoms with Gasteiger partial charge in [0.25, 0.3) is 10.2 Å². The van der Waals surface area contributed by atoms with Gasteiger partial charge in [-0.05, 0) is 25.0 Å². The molecule has 1 aromatic carbocycles. The van der Waals surface area contributed by atoms with E-state index in [-0.39, 0.29) is 12.6 Å². The third-order valence-electron chi connectivity index (χ3n) is 4.06. The lowest BCUT2D eigenvalue weighted by Crippen LogP contribution is -2.48. The fraction of sp³-hybridized carbons (Fsp3) is 0.600. The van der Waals surface area contributed by atoms with Gasteiger partial charge in [0.2, 0.25) is 0 Å². The first-order chi connectivity index (χ1) is 10.6. The van der Waals surface area contributed by atoms with Crippen molar-refractivity contribution < 1.29 is 17.9 Å². The van der Waals surface area contributed by atoms with E-state index < -0.39 is 10.2 Å². The Balaban J connectivity index is 1.63. The Hall–Kier alpha value is -1.31. The average molecular weight is 326 g/mol. The maximum absolute atomic E-state index is 12.6. The number of fused-ring (bicyclic) bond motifs is 1. The van der Waals surface area contributed by atoms with Crippen molar-refractivity contribution in [2.24, 2.45) is 0 Å². The highest BCUT2D eigenvalue weighted by Gasteiger charge is 2.31. The number of rotatable bonds is 4. The summed E-state index contributed by atoms with van der Waals surface area (Å²) in [6.07, 6.45) is 2.68. The van der Waals surface area contributed by atoms with Crippen LogP contribution in [0.2, 0.25) is 0 Å². The van der Waals surface area contributed by atoms with Crippen molar-refractivity contribution in [3.8, 4) is 11.5 Å². The van der Waals surface area contributed by atoms with Crippen molar-refractivity contribution in [3.05, 3.63) is 24.3 Å². The summed E-state index contributed by atoms with van der Waals surface area (Å²) in [5.74, 6) is 1.38. The second-order valence-electron chi connectivity index (χ2n) is 5.75. The van der Waals surface area contributed by atoms with Crippen LogP contribution in [0.1, 0.15) is 19.3 Å². The van der Waals surface area contributed by atoms with Crippen molar-refractivity contribution >= 4 is 10.2 Å². The maximum Gasteiger partial charge on any atom is 0.281 e. The van der Waals surface area contributed by atoms with E-state index in [1.165, 1.54) is 4.31 Å². The third-order valence-corrected chi connectivity index (χ3v) is 6.02. The number of piperidine rings is 1. The molecule has 0 radical (unpaired) electrons. The molecule has 122 valence electrons. The topological polar surface area (TPSA) is 59.1 Å². The molecule has 22 heavy (non-hydrogen) atoms. The average Bonchev–Trinajstić information content (AvgIpc) is 2.55. The summed E-state index contributed by atoms with van der Waals surface area (Å²) in [6.45, 7) is 1.86. The molecule has 7 heteroatoms. The van der Waals surface area contributed by atoms with E-state index in [1.807, 2.05) is 24.3 Å². The number of ether oxygens (including phenoxy) is 2. The maximum atomic E-state index is 12.6. The Morgan fingerprint density at radius 2 is 1.86 bits per heavy atom. The predicted octanol–water partition coefficient (Wildman–Crippen LogP) is 1.49.